The van der Waals surface area contributed by atoms with Crippen LogP contribution in [0.2, 0.25) is 0 Å². The molecule has 2 heterocycles. The van der Waals surface area contributed by atoms with Gasteiger partial charge in [-0.3, -0.25) is 18.9 Å². The van der Waals surface area contributed by atoms with Crippen molar-refractivity contribution in [1.29, 1.82) is 0 Å². The fourth-order valence-electron chi connectivity index (χ4n) is 3.96. The molecule has 8 nitrogen and oxygen atoms in total. The van der Waals surface area contributed by atoms with Gasteiger partial charge in [0.1, 0.15) is 0 Å². The molecule has 3 aromatic rings. The van der Waals surface area contributed by atoms with Crippen LogP contribution in [0.15, 0.2) is 33.9 Å². The number of nitrogens with one attached hydrogen (secondary N) is 2. The normalized spacial score (nSPS) is 19.8. The van der Waals surface area contributed by atoms with Crippen LogP contribution in [0.4, 0.5) is 5.95 Å². The standard InChI is InChI=1S/C20H26N6O2/c1-12-7-3-4-8-13(12)11-26-16-17(25(2)20(28)24-18(16)27)23-19(26)22-15-10-6-5-9-14(15)21/h3-4,7-8,14-15H,5-6,9-11,21H2,1-2H3,(H,22,23)(H,24,27,28)/t14-,15+/m0/s1. The maximum Gasteiger partial charge on any atom is 0.329 e. The number of nitrogens with zero attached hydrogens (tertiary/aromatic N) is 3. The van der Waals surface area contributed by atoms with E-state index >= 15 is 0 Å². The summed E-state index contributed by atoms with van der Waals surface area (Å²) in [6.45, 7) is 2.52. The molecule has 1 fully saturated rings. The van der Waals surface area contributed by atoms with E-state index in [0.29, 0.717) is 23.7 Å². The second-order valence-corrected chi connectivity index (χ2v) is 7.64. The Bertz CT molecular complexity index is 1130. The molecule has 1 aliphatic carbocycles. The van der Waals surface area contributed by atoms with Crippen LogP contribution in [-0.4, -0.2) is 31.2 Å². The zero-order valence-electron chi connectivity index (χ0n) is 16.2. The summed E-state index contributed by atoms with van der Waals surface area (Å²) in [7, 11) is 1.61. The van der Waals surface area contributed by atoms with Crippen molar-refractivity contribution in [2.75, 3.05) is 5.32 Å². The number of anilines is 1. The van der Waals surface area contributed by atoms with Crippen LogP contribution in [-0.2, 0) is 13.6 Å². The highest BCUT2D eigenvalue weighted by Gasteiger charge is 2.25. The molecule has 0 radical (unpaired) electrons. The number of rotatable bonds is 4. The molecular formula is C20H26N6O2. The van der Waals surface area contributed by atoms with Gasteiger partial charge in [-0.2, -0.15) is 4.98 Å². The highest BCUT2D eigenvalue weighted by atomic mass is 16.2. The molecule has 8 heteroatoms. The van der Waals surface area contributed by atoms with E-state index in [2.05, 4.69) is 15.3 Å². The quantitative estimate of drug-likeness (QED) is 0.633. The molecule has 0 amide bonds. The van der Waals surface area contributed by atoms with E-state index in [1.807, 2.05) is 35.8 Å². The third kappa shape index (κ3) is 3.24. The minimum Gasteiger partial charge on any atom is -0.351 e. The topological polar surface area (TPSA) is 111 Å². The van der Waals surface area contributed by atoms with E-state index in [9.17, 15) is 9.59 Å². The predicted molar refractivity (Wildman–Crippen MR) is 110 cm³/mol. The first-order valence-electron chi connectivity index (χ1n) is 9.72. The van der Waals surface area contributed by atoms with Gasteiger partial charge in [0.2, 0.25) is 5.95 Å². The van der Waals surface area contributed by atoms with Crippen LogP contribution in [0, 0.1) is 6.92 Å². The number of aromatic nitrogens is 4. The number of aryl methyl sites for hydroxylation is 2. The van der Waals surface area contributed by atoms with Crippen molar-refractivity contribution in [3.05, 3.63) is 56.2 Å². The zero-order valence-corrected chi connectivity index (χ0v) is 16.2. The first-order valence-corrected chi connectivity index (χ1v) is 9.72. The van der Waals surface area contributed by atoms with E-state index in [-0.39, 0.29) is 12.1 Å². The number of nitrogens with two attached hydrogens (primary N) is 1. The van der Waals surface area contributed by atoms with Gasteiger partial charge >= 0.3 is 5.69 Å². The third-order valence-corrected chi connectivity index (χ3v) is 5.73. The lowest BCUT2D eigenvalue weighted by molar-refractivity contribution is 0.401. The average Bonchev–Trinajstić information content (AvgIpc) is 3.02. The summed E-state index contributed by atoms with van der Waals surface area (Å²) in [5, 5.41) is 3.46. The molecule has 0 unspecified atom stereocenters. The lowest BCUT2D eigenvalue weighted by Gasteiger charge is -2.29. The Morgan fingerprint density at radius 3 is 2.75 bits per heavy atom. The summed E-state index contributed by atoms with van der Waals surface area (Å²) in [5.41, 5.74) is 8.38. The largest absolute Gasteiger partial charge is 0.351 e. The SMILES string of the molecule is Cc1ccccc1Cn1c(N[C@@H]2CCCC[C@@H]2N)nc2c1c(=O)[nH]c(=O)n2C. The molecule has 0 bridgehead atoms. The Labute approximate surface area is 162 Å². The maximum atomic E-state index is 12.6. The highest BCUT2D eigenvalue weighted by molar-refractivity contribution is 5.74. The Morgan fingerprint density at radius 2 is 2.00 bits per heavy atom. The molecule has 148 valence electrons. The van der Waals surface area contributed by atoms with Gasteiger partial charge in [0, 0.05) is 19.1 Å². The summed E-state index contributed by atoms with van der Waals surface area (Å²) < 4.78 is 3.23. The number of benzene rings is 1. The van der Waals surface area contributed by atoms with Crippen molar-refractivity contribution < 1.29 is 0 Å². The minimum atomic E-state index is -0.473. The predicted octanol–water partition coefficient (Wildman–Crippen LogP) is 1.46. The van der Waals surface area contributed by atoms with E-state index < -0.39 is 11.2 Å². The molecule has 1 aromatic carbocycles. The average molecular weight is 382 g/mol. The molecular weight excluding hydrogens is 356 g/mol. The summed E-state index contributed by atoms with van der Waals surface area (Å²) in [6, 6.07) is 8.18. The van der Waals surface area contributed by atoms with E-state index in [4.69, 9.17) is 5.73 Å². The van der Waals surface area contributed by atoms with Gasteiger partial charge in [-0.05, 0) is 30.9 Å². The molecule has 2 aromatic heterocycles. The van der Waals surface area contributed by atoms with E-state index in [0.717, 1.165) is 36.8 Å². The third-order valence-electron chi connectivity index (χ3n) is 5.73. The van der Waals surface area contributed by atoms with Crippen molar-refractivity contribution in [3.63, 3.8) is 0 Å². The first kappa shape index (κ1) is 18.5. The van der Waals surface area contributed by atoms with Crippen molar-refractivity contribution in [2.24, 2.45) is 12.8 Å². The van der Waals surface area contributed by atoms with Crippen molar-refractivity contribution in [2.45, 2.75) is 51.2 Å². The van der Waals surface area contributed by atoms with Gasteiger partial charge < -0.3 is 11.1 Å². The van der Waals surface area contributed by atoms with E-state index in [1.54, 1.807) is 7.05 Å². The molecule has 1 aliphatic rings. The number of imidazole rings is 1. The molecule has 4 rings (SSSR count). The Kier molecular flexibility index (Phi) is 4.80. The van der Waals surface area contributed by atoms with Crippen molar-refractivity contribution in [3.8, 4) is 0 Å². The lowest BCUT2D eigenvalue weighted by atomic mass is 9.91. The molecule has 2 atom stereocenters. The van der Waals surface area contributed by atoms with Crippen LogP contribution in [0.3, 0.4) is 0 Å². The summed E-state index contributed by atoms with van der Waals surface area (Å²) in [5.74, 6) is 0.576. The van der Waals surface area contributed by atoms with Crippen LogP contribution in [0.5, 0.6) is 0 Å². The highest BCUT2D eigenvalue weighted by Crippen LogP contribution is 2.24. The van der Waals surface area contributed by atoms with Crippen molar-refractivity contribution in [1.82, 2.24) is 19.1 Å². The monoisotopic (exact) mass is 382 g/mol. The number of aromatic amines is 1. The number of hydrogen-bond donors (Lipinski definition) is 3. The van der Waals surface area contributed by atoms with Crippen LogP contribution >= 0.6 is 0 Å². The van der Waals surface area contributed by atoms with Gasteiger partial charge in [-0.15, -0.1) is 0 Å². The second-order valence-electron chi connectivity index (χ2n) is 7.64. The van der Waals surface area contributed by atoms with Crippen molar-refractivity contribution >= 4 is 17.1 Å². The summed E-state index contributed by atoms with van der Waals surface area (Å²) in [4.78, 5) is 31.7. The minimum absolute atomic E-state index is 0.0441. The Balaban J connectivity index is 1.86. The maximum absolute atomic E-state index is 12.6. The van der Waals surface area contributed by atoms with Gasteiger partial charge in [0.25, 0.3) is 5.56 Å². The molecule has 0 spiro atoms. The first-order chi connectivity index (χ1) is 13.5. The summed E-state index contributed by atoms with van der Waals surface area (Å²) >= 11 is 0. The Hall–Kier alpha value is -2.87. The second kappa shape index (κ2) is 7.27. The zero-order chi connectivity index (χ0) is 19.8. The number of hydrogen-bond acceptors (Lipinski definition) is 5. The van der Waals surface area contributed by atoms with Crippen LogP contribution in [0.25, 0.3) is 11.2 Å². The number of H-pyrrole nitrogens is 1. The summed E-state index contributed by atoms with van der Waals surface area (Å²) in [6.07, 6.45) is 4.17. The molecule has 1 saturated carbocycles. The Morgan fingerprint density at radius 1 is 1.25 bits per heavy atom. The lowest BCUT2D eigenvalue weighted by Crippen LogP contribution is -2.43. The van der Waals surface area contributed by atoms with E-state index in [1.165, 1.54) is 4.57 Å². The molecule has 0 saturated heterocycles. The smallest absolute Gasteiger partial charge is 0.329 e. The fraction of sp³-hybridized carbons (Fsp3) is 0.450. The molecule has 0 aliphatic heterocycles. The van der Waals surface area contributed by atoms with Gasteiger partial charge in [0.15, 0.2) is 11.2 Å². The molecule has 28 heavy (non-hydrogen) atoms. The van der Waals surface area contributed by atoms with Crippen LogP contribution < -0.4 is 22.3 Å². The number of fused-ring (bicyclic) bond motifs is 1. The molecule has 4 N–H and O–H groups in total. The fourth-order valence-corrected chi connectivity index (χ4v) is 3.96. The van der Waals surface area contributed by atoms with Gasteiger partial charge in [-0.25, -0.2) is 4.79 Å². The van der Waals surface area contributed by atoms with Gasteiger partial charge in [-0.1, -0.05) is 37.1 Å². The van der Waals surface area contributed by atoms with Gasteiger partial charge in [0.05, 0.1) is 6.54 Å². The van der Waals surface area contributed by atoms with Crippen LogP contribution in [0.1, 0.15) is 36.8 Å².